The van der Waals surface area contributed by atoms with E-state index in [-0.39, 0.29) is 22.8 Å². The predicted octanol–water partition coefficient (Wildman–Crippen LogP) is 4.45. The lowest BCUT2D eigenvalue weighted by atomic mass is 10.1. The van der Waals surface area contributed by atoms with Crippen molar-refractivity contribution in [3.05, 3.63) is 66.5 Å². The number of carbonyl (C=O) groups excluding carboxylic acids is 1. The zero-order valence-corrected chi connectivity index (χ0v) is 16.5. The first-order valence-electron chi connectivity index (χ1n) is 8.93. The van der Waals surface area contributed by atoms with Gasteiger partial charge < -0.3 is 9.84 Å². The molecule has 30 heavy (non-hydrogen) atoms. The van der Waals surface area contributed by atoms with Crippen LogP contribution in [0.2, 0.25) is 0 Å². The third kappa shape index (κ3) is 4.93. The summed E-state index contributed by atoms with van der Waals surface area (Å²) in [6, 6.07) is 6.81. The minimum Gasteiger partial charge on any atom is -0.478 e. The van der Waals surface area contributed by atoms with E-state index in [0.717, 1.165) is 4.90 Å². The standard InChI is InChI=1S/C21H19FN4O4/c1-21(2,3)30-20(29)26(16-6-4-5-15(22)8-16)18-12-24-11-17(25-18)13-7-14(19(27)28)10-23-9-13/h4-12H,1-3H3,(H,27,28). The monoisotopic (exact) mass is 410 g/mol. The number of aromatic nitrogens is 3. The van der Waals surface area contributed by atoms with Crippen molar-refractivity contribution >= 4 is 23.6 Å². The Bertz CT molecular complexity index is 1100. The van der Waals surface area contributed by atoms with E-state index in [4.69, 9.17) is 4.74 Å². The third-order valence-electron chi connectivity index (χ3n) is 3.77. The Morgan fingerprint density at radius 3 is 2.47 bits per heavy atom. The van der Waals surface area contributed by atoms with Gasteiger partial charge >= 0.3 is 12.1 Å². The second-order valence-corrected chi connectivity index (χ2v) is 7.33. The predicted molar refractivity (Wildman–Crippen MR) is 107 cm³/mol. The number of benzene rings is 1. The van der Waals surface area contributed by atoms with Gasteiger partial charge in [0.25, 0.3) is 0 Å². The van der Waals surface area contributed by atoms with Crippen LogP contribution >= 0.6 is 0 Å². The van der Waals surface area contributed by atoms with E-state index < -0.39 is 23.5 Å². The van der Waals surface area contributed by atoms with Crippen molar-refractivity contribution < 1.29 is 23.8 Å². The van der Waals surface area contributed by atoms with Gasteiger partial charge in [0.2, 0.25) is 0 Å². The van der Waals surface area contributed by atoms with Gasteiger partial charge in [0.1, 0.15) is 11.4 Å². The Labute approximate surface area is 172 Å². The van der Waals surface area contributed by atoms with Crippen LogP contribution in [0.15, 0.2) is 55.1 Å². The SMILES string of the molecule is CC(C)(C)OC(=O)N(c1cccc(F)c1)c1cncc(-c2cncc(C(=O)O)c2)n1. The first kappa shape index (κ1) is 20.8. The van der Waals surface area contributed by atoms with Crippen molar-refractivity contribution in [1.29, 1.82) is 0 Å². The molecule has 0 fully saturated rings. The zero-order valence-electron chi connectivity index (χ0n) is 16.5. The van der Waals surface area contributed by atoms with E-state index in [2.05, 4.69) is 15.0 Å². The fourth-order valence-corrected chi connectivity index (χ4v) is 2.55. The molecule has 0 bridgehead atoms. The molecule has 1 amide bonds. The number of nitrogens with zero attached hydrogens (tertiary/aromatic N) is 4. The Morgan fingerprint density at radius 1 is 1.07 bits per heavy atom. The van der Waals surface area contributed by atoms with Crippen LogP contribution in [0.4, 0.5) is 20.7 Å². The van der Waals surface area contributed by atoms with Gasteiger partial charge in [-0.15, -0.1) is 0 Å². The second-order valence-electron chi connectivity index (χ2n) is 7.33. The lowest BCUT2D eigenvalue weighted by Gasteiger charge is -2.26. The van der Waals surface area contributed by atoms with Crippen LogP contribution in [-0.4, -0.2) is 37.7 Å². The summed E-state index contributed by atoms with van der Waals surface area (Å²) in [6.07, 6.45) is 4.61. The minimum absolute atomic E-state index is 0.0196. The molecule has 0 spiro atoms. The van der Waals surface area contributed by atoms with Crippen molar-refractivity contribution in [2.45, 2.75) is 26.4 Å². The minimum atomic E-state index is -1.14. The number of ether oxygens (including phenoxy) is 1. The lowest BCUT2D eigenvalue weighted by Crippen LogP contribution is -2.34. The van der Waals surface area contributed by atoms with Crippen LogP contribution in [0.1, 0.15) is 31.1 Å². The molecule has 2 aromatic heterocycles. The molecule has 1 N–H and O–H groups in total. The number of carboxylic acid groups (broad SMARTS) is 1. The second kappa shape index (κ2) is 8.24. The molecule has 1 aromatic carbocycles. The molecule has 0 aliphatic rings. The van der Waals surface area contributed by atoms with Crippen LogP contribution in [0, 0.1) is 5.82 Å². The summed E-state index contributed by atoms with van der Waals surface area (Å²) < 4.78 is 19.3. The summed E-state index contributed by atoms with van der Waals surface area (Å²) in [5, 5.41) is 9.17. The van der Waals surface area contributed by atoms with Crippen molar-refractivity contribution in [1.82, 2.24) is 15.0 Å². The van der Waals surface area contributed by atoms with Crippen molar-refractivity contribution in [2.24, 2.45) is 0 Å². The molecular weight excluding hydrogens is 391 g/mol. The number of pyridine rings is 1. The topological polar surface area (TPSA) is 106 Å². The summed E-state index contributed by atoms with van der Waals surface area (Å²) in [4.78, 5) is 37.6. The third-order valence-corrected chi connectivity index (χ3v) is 3.77. The fraction of sp³-hybridized carbons (Fsp3) is 0.190. The molecule has 0 atom stereocenters. The number of anilines is 2. The molecular formula is C21H19FN4O4. The van der Waals surface area contributed by atoms with Gasteiger partial charge in [-0.05, 0) is 45.0 Å². The summed E-state index contributed by atoms with van der Waals surface area (Å²) >= 11 is 0. The highest BCUT2D eigenvalue weighted by atomic mass is 19.1. The van der Waals surface area contributed by atoms with E-state index in [1.54, 1.807) is 20.8 Å². The number of aromatic carboxylic acids is 1. The number of hydrogen-bond donors (Lipinski definition) is 1. The number of rotatable bonds is 4. The summed E-state index contributed by atoms with van der Waals surface area (Å²) in [6.45, 7) is 5.12. The lowest BCUT2D eigenvalue weighted by molar-refractivity contribution is 0.0597. The Morgan fingerprint density at radius 2 is 1.80 bits per heavy atom. The number of carbonyl (C=O) groups is 2. The highest BCUT2D eigenvalue weighted by Crippen LogP contribution is 2.28. The Kier molecular flexibility index (Phi) is 5.72. The van der Waals surface area contributed by atoms with E-state index in [9.17, 15) is 19.1 Å². The normalized spacial score (nSPS) is 11.1. The molecule has 0 aliphatic heterocycles. The van der Waals surface area contributed by atoms with Crippen LogP contribution in [0.3, 0.4) is 0 Å². The molecule has 8 nitrogen and oxygen atoms in total. The van der Waals surface area contributed by atoms with Gasteiger partial charge in [-0.2, -0.15) is 0 Å². The first-order valence-corrected chi connectivity index (χ1v) is 8.93. The maximum absolute atomic E-state index is 13.8. The molecule has 3 rings (SSSR count). The van der Waals surface area contributed by atoms with Crippen LogP contribution in [-0.2, 0) is 4.74 Å². The fourth-order valence-electron chi connectivity index (χ4n) is 2.55. The highest BCUT2D eigenvalue weighted by Gasteiger charge is 2.27. The summed E-state index contributed by atoms with van der Waals surface area (Å²) in [5.41, 5.74) is 0.0654. The van der Waals surface area contributed by atoms with Crippen molar-refractivity contribution in [3.8, 4) is 11.3 Å². The molecule has 9 heteroatoms. The zero-order chi connectivity index (χ0) is 21.9. The average molecular weight is 410 g/mol. The van der Waals surface area contributed by atoms with Gasteiger partial charge in [-0.25, -0.2) is 23.9 Å². The summed E-state index contributed by atoms with van der Waals surface area (Å²) in [7, 11) is 0. The van der Waals surface area contributed by atoms with Crippen molar-refractivity contribution in [3.63, 3.8) is 0 Å². The van der Waals surface area contributed by atoms with E-state index in [1.807, 2.05) is 0 Å². The smallest absolute Gasteiger partial charge is 0.420 e. The van der Waals surface area contributed by atoms with Gasteiger partial charge in [0, 0.05) is 18.0 Å². The first-order chi connectivity index (χ1) is 14.1. The van der Waals surface area contributed by atoms with Crippen LogP contribution in [0.25, 0.3) is 11.3 Å². The number of carboxylic acids is 1. The van der Waals surface area contributed by atoms with E-state index in [0.29, 0.717) is 5.56 Å². The van der Waals surface area contributed by atoms with E-state index in [1.165, 1.54) is 55.1 Å². The maximum atomic E-state index is 13.8. The Balaban J connectivity index is 2.08. The maximum Gasteiger partial charge on any atom is 0.420 e. The number of amides is 1. The van der Waals surface area contributed by atoms with Gasteiger partial charge in [0.05, 0.1) is 29.3 Å². The molecule has 2 heterocycles. The molecule has 3 aromatic rings. The van der Waals surface area contributed by atoms with Crippen molar-refractivity contribution in [2.75, 3.05) is 4.90 Å². The summed E-state index contributed by atoms with van der Waals surface area (Å²) in [5.74, 6) is -1.60. The van der Waals surface area contributed by atoms with Crippen LogP contribution in [0.5, 0.6) is 0 Å². The molecule has 0 aliphatic carbocycles. The Hall–Kier alpha value is -3.88. The molecule has 0 unspecified atom stereocenters. The van der Waals surface area contributed by atoms with Gasteiger partial charge in [0.15, 0.2) is 5.82 Å². The largest absolute Gasteiger partial charge is 0.478 e. The van der Waals surface area contributed by atoms with Gasteiger partial charge in [-0.3, -0.25) is 9.97 Å². The molecule has 0 saturated heterocycles. The number of halogens is 1. The highest BCUT2D eigenvalue weighted by molar-refractivity contribution is 5.95. The van der Waals surface area contributed by atoms with E-state index >= 15 is 0 Å². The molecule has 0 saturated carbocycles. The van der Waals surface area contributed by atoms with Crippen LogP contribution < -0.4 is 4.90 Å². The quantitative estimate of drug-likeness (QED) is 0.677. The molecule has 154 valence electrons. The average Bonchev–Trinajstić information content (AvgIpc) is 2.67. The number of hydrogen-bond acceptors (Lipinski definition) is 6. The van der Waals surface area contributed by atoms with Gasteiger partial charge in [-0.1, -0.05) is 6.07 Å². The molecule has 0 radical (unpaired) electrons.